The van der Waals surface area contributed by atoms with Crippen LogP contribution in [-0.4, -0.2) is 15.8 Å². The lowest BCUT2D eigenvalue weighted by Crippen LogP contribution is -2.02. The number of imidazole rings is 1. The smallest absolute Gasteiger partial charge is 0.150 e. The summed E-state index contributed by atoms with van der Waals surface area (Å²) in [5.41, 5.74) is 1.55. The van der Waals surface area contributed by atoms with E-state index in [2.05, 4.69) is 36.8 Å². The molecule has 0 aliphatic rings. The molecular weight excluding hydrogens is 364 g/mol. The largest absolute Gasteiger partial charge is 0.485 e. The van der Waals surface area contributed by atoms with Gasteiger partial charge in [-0.25, -0.2) is 4.98 Å². The van der Waals surface area contributed by atoms with E-state index in [1.807, 2.05) is 11.6 Å². The molecule has 0 bridgehead atoms. The fourth-order valence-electron chi connectivity index (χ4n) is 1.46. The molecule has 18 heavy (non-hydrogen) atoms. The maximum absolute atomic E-state index is 10.7. The molecule has 2 rings (SSSR count). The Hall–Kier alpha value is -1.14. The molecule has 0 amide bonds. The third-order valence-corrected chi connectivity index (χ3v) is 3.62. The van der Waals surface area contributed by atoms with Gasteiger partial charge in [0.05, 0.1) is 27.2 Å². The summed E-state index contributed by atoms with van der Waals surface area (Å²) < 4.78 is 9.09. The molecule has 0 aliphatic carbocycles. The molecule has 0 fully saturated rings. The maximum Gasteiger partial charge on any atom is 0.150 e. The maximum atomic E-state index is 10.7. The molecule has 0 atom stereocenters. The molecular formula is C12H10Br2N2O2. The first-order valence-corrected chi connectivity index (χ1v) is 6.72. The number of aldehydes is 1. The van der Waals surface area contributed by atoms with Crippen LogP contribution < -0.4 is 4.74 Å². The number of nitrogens with zero attached hydrogens (tertiary/aromatic N) is 2. The number of benzene rings is 1. The van der Waals surface area contributed by atoms with E-state index in [0.717, 1.165) is 20.9 Å². The summed E-state index contributed by atoms with van der Waals surface area (Å²) in [6.07, 6.45) is 4.26. The van der Waals surface area contributed by atoms with Crippen LogP contribution in [0, 0.1) is 0 Å². The Morgan fingerprint density at radius 3 is 2.56 bits per heavy atom. The van der Waals surface area contributed by atoms with E-state index in [-0.39, 0.29) is 0 Å². The van der Waals surface area contributed by atoms with Crippen molar-refractivity contribution in [1.29, 1.82) is 0 Å². The molecule has 1 aromatic heterocycles. The van der Waals surface area contributed by atoms with E-state index in [1.165, 1.54) is 0 Å². The molecule has 0 radical (unpaired) electrons. The van der Waals surface area contributed by atoms with Crippen LogP contribution in [0.2, 0.25) is 0 Å². The van der Waals surface area contributed by atoms with E-state index in [9.17, 15) is 4.79 Å². The standard InChI is InChI=1S/C12H10Br2N2O2/c1-16-7-15-4-9(16)6-18-12-10(13)2-8(5-17)3-11(12)14/h2-5,7H,6H2,1H3. The summed E-state index contributed by atoms with van der Waals surface area (Å²) in [5.74, 6) is 0.668. The number of carbonyl (C=O) groups is 1. The van der Waals surface area contributed by atoms with Crippen molar-refractivity contribution in [2.45, 2.75) is 6.61 Å². The van der Waals surface area contributed by atoms with Crippen molar-refractivity contribution in [1.82, 2.24) is 9.55 Å². The Bertz CT molecular complexity index is 558. The fraction of sp³-hybridized carbons (Fsp3) is 0.167. The van der Waals surface area contributed by atoms with Crippen LogP contribution in [0.25, 0.3) is 0 Å². The van der Waals surface area contributed by atoms with Gasteiger partial charge in [-0.1, -0.05) is 0 Å². The molecule has 0 aliphatic heterocycles. The summed E-state index contributed by atoms with van der Waals surface area (Å²) >= 11 is 6.77. The van der Waals surface area contributed by atoms with Crippen molar-refractivity contribution in [2.75, 3.05) is 0 Å². The van der Waals surface area contributed by atoms with E-state index < -0.39 is 0 Å². The second kappa shape index (κ2) is 5.67. The molecule has 1 heterocycles. The molecule has 0 unspecified atom stereocenters. The quantitative estimate of drug-likeness (QED) is 0.772. The SMILES string of the molecule is Cn1cncc1COc1c(Br)cc(C=O)cc1Br. The Morgan fingerprint density at radius 1 is 1.39 bits per heavy atom. The van der Waals surface area contributed by atoms with Gasteiger partial charge < -0.3 is 9.30 Å². The first kappa shape index (κ1) is 13.3. The van der Waals surface area contributed by atoms with Gasteiger partial charge >= 0.3 is 0 Å². The van der Waals surface area contributed by atoms with Crippen molar-refractivity contribution in [2.24, 2.45) is 7.05 Å². The summed E-state index contributed by atoms with van der Waals surface area (Å²) in [5, 5.41) is 0. The molecule has 2 aromatic rings. The minimum atomic E-state index is 0.411. The van der Waals surface area contributed by atoms with Gasteiger partial charge in [0.25, 0.3) is 0 Å². The van der Waals surface area contributed by atoms with Crippen LogP contribution in [0.15, 0.2) is 33.6 Å². The van der Waals surface area contributed by atoms with Crippen molar-refractivity contribution in [3.05, 3.63) is 44.9 Å². The lowest BCUT2D eigenvalue weighted by Gasteiger charge is -2.11. The van der Waals surface area contributed by atoms with Crippen molar-refractivity contribution >= 4 is 38.1 Å². The second-order valence-corrected chi connectivity index (χ2v) is 5.42. The molecule has 94 valence electrons. The minimum Gasteiger partial charge on any atom is -0.485 e. The molecule has 0 spiro atoms. The van der Waals surface area contributed by atoms with Gasteiger partial charge in [-0.2, -0.15) is 0 Å². The van der Waals surface area contributed by atoms with Gasteiger partial charge in [0.15, 0.2) is 0 Å². The first-order chi connectivity index (χ1) is 8.61. The van der Waals surface area contributed by atoms with Gasteiger partial charge in [-0.3, -0.25) is 4.79 Å². The number of carbonyl (C=O) groups excluding carboxylic acids is 1. The zero-order valence-corrected chi connectivity index (χ0v) is 12.7. The van der Waals surface area contributed by atoms with E-state index >= 15 is 0 Å². The summed E-state index contributed by atoms with van der Waals surface area (Å²) in [6, 6.07) is 3.44. The Labute approximate surface area is 121 Å². The van der Waals surface area contributed by atoms with Gasteiger partial charge in [-0.15, -0.1) is 0 Å². The van der Waals surface area contributed by atoms with Crippen LogP contribution in [0.3, 0.4) is 0 Å². The third kappa shape index (κ3) is 2.81. The highest BCUT2D eigenvalue weighted by atomic mass is 79.9. The van der Waals surface area contributed by atoms with Crippen LogP contribution in [0.4, 0.5) is 0 Å². The van der Waals surface area contributed by atoms with Gasteiger partial charge in [0.2, 0.25) is 0 Å². The third-order valence-electron chi connectivity index (χ3n) is 2.44. The van der Waals surface area contributed by atoms with E-state index in [4.69, 9.17) is 4.74 Å². The summed E-state index contributed by atoms with van der Waals surface area (Å²) in [7, 11) is 1.91. The van der Waals surface area contributed by atoms with Crippen LogP contribution in [0.5, 0.6) is 5.75 Å². The zero-order chi connectivity index (χ0) is 13.1. The van der Waals surface area contributed by atoms with E-state index in [1.54, 1.807) is 24.7 Å². The van der Waals surface area contributed by atoms with E-state index in [0.29, 0.717) is 17.9 Å². The Balaban J connectivity index is 2.19. The normalized spacial score (nSPS) is 10.4. The monoisotopic (exact) mass is 372 g/mol. The number of aromatic nitrogens is 2. The Morgan fingerprint density at radius 2 is 2.06 bits per heavy atom. The highest BCUT2D eigenvalue weighted by molar-refractivity contribution is 9.11. The molecule has 0 saturated carbocycles. The molecule has 1 aromatic carbocycles. The number of ether oxygens (including phenoxy) is 1. The molecule has 0 N–H and O–H groups in total. The molecule has 4 nitrogen and oxygen atoms in total. The lowest BCUT2D eigenvalue weighted by atomic mass is 10.2. The number of halogens is 2. The summed E-state index contributed by atoms with van der Waals surface area (Å²) in [6.45, 7) is 0.411. The van der Waals surface area contributed by atoms with Gasteiger partial charge in [-0.05, 0) is 44.0 Å². The average Bonchev–Trinajstić information content (AvgIpc) is 2.73. The number of hydrogen-bond donors (Lipinski definition) is 0. The van der Waals surface area contributed by atoms with Gasteiger partial charge in [0.1, 0.15) is 18.6 Å². The number of rotatable bonds is 4. The average molecular weight is 374 g/mol. The van der Waals surface area contributed by atoms with Crippen LogP contribution >= 0.6 is 31.9 Å². The van der Waals surface area contributed by atoms with Crippen molar-refractivity contribution in [3.8, 4) is 5.75 Å². The Kier molecular flexibility index (Phi) is 4.19. The van der Waals surface area contributed by atoms with Crippen LogP contribution in [0.1, 0.15) is 16.1 Å². The number of hydrogen-bond acceptors (Lipinski definition) is 3. The van der Waals surface area contributed by atoms with Crippen molar-refractivity contribution < 1.29 is 9.53 Å². The minimum absolute atomic E-state index is 0.411. The second-order valence-electron chi connectivity index (χ2n) is 3.72. The predicted molar refractivity (Wildman–Crippen MR) is 74.8 cm³/mol. The fourth-order valence-corrected chi connectivity index (χ4v) is 2.91. The lowest BCUT2D eigenvalue weighted by molar-refractivity contribution is 0.112. The first-order valence-electron chi connectivity index (χ1n) is 5.14. The zero-order valence-electron chi connectivity index (χ0n) is 9.56. The molecule has 6 heteroatoms. The number of aryl methyl sites for hydroxylation is 1. The summed E-state index contributed by atoms with van der Waals surface area (Å²) in [4.78, 5) is 14.7. The highest BCUT2D eigenvalue weighted by Crippen LogP contribution is 2.34. The van der Waals surface area contributed by atoms with Crippen LogP contribution in [-0.2, 0) is 13.7 Å². The highest BCUT2D eigenvalue weighted by Gasteiger charge is 2.10. The predicted octanol–water partition coefficient (Wildman–Crippen LogP) is 3.34. The van der Waals surface area contributed by atoms with Crippen molar-refractivity contribution in [3.63, 3.8) is 0 Å². The molecule has 0 saturated heterocycles. The van der Waals surface area contributed by atoms with Gasteiger partial charge in [0, 0.05) is 12.6 Å². The topological polar surface area (TPSA) is 44.1 Å².